The Kier molecular flexibility index (Phi) is 7.70. The standard InChI is InChI=1S/C14H27N3O2/c1-12(2)15-10-14-11-16-13(3)17(14)6-5-7-19-9-8-18-4/h11-12,15H,5-10H2,1-4H3. The second-order valence-electron chi connectivity index (χ2n) is 4.94. The van der Waals surface area contributed by atoms with E-state index in [1.165, 1.54) is 5.69 Å². The average molecular weight is 269 g/mol. The highest BCUT2D eigenvalue weighted by Gasteiger charge is 2.06. The van der Waals surface area contributed by atoms with Gasteiger partial charge in [-0.15, -0.1) is 0 Å². The van der Waals surface area contributed by atoms with Crippen LogP contribution in [0.4, 0.5) is 0 Å². The molecule has 0 unspecified atom stereocenters. The van der Waals surface area contributed by atoms with Gasteiger partial charge in [0.05, 0.1) is 18.9 Å². The maximum absolute atomic E-state index is 5.48. The van der Waals surface area contributed by atoms with Gasteiger partial charge in [0.1, 0.15) is 5.82 Å². The van der Waals surface area contributed by atoms with E-state index in [0.29, 0.717) is 19.3 Å². The Balaban J connectivity index is 2.33. The van der Waals surface area contributed by atoms with Crippen LogP contribution in [-0.4, -0.2) is 42.5 Å². The third-order valence-electron chi connectivity index (χ3n) is 2.93. The van der Waals surface area contributed by atoms with Crippen LogP contribution in [-0.2, 0) is 22.6 Å². The van der Waals surface area contributed by atoms with Crippen LogP contribution in [0.1, 0.15) is 31.8 Å². The summed E-state index contributed by atoms with van der Waals surface area (Å²) in [5.74, 6) is 1.07. The normalized spacial score (nSPS) is 11.4. The number of nitrogens with zero attached hydrogens (tertiary/aromatic N) is 2. The van der Waals surface area contributed by atoms with E-state index in [-0.39, 0.29) is 0 Å². The molecule has 0 aliphatic carbocycles. The Hall–Kier alpha value is -0.910. The van der Waals surface area contributed by atoms with Gasteiger partial charge in [0.2, 0.25) is 0 Å². The molecule has 110 valence electrons. The Bertz CT molecular complexity index is 350. The Labute approximate surface area is 116 Å². The average Bonchev–Trinajstić information content (AvgIpc) is 2.72. The molecule has 0 bridgehead atoms. The number of aromatic nitrogens is 2. The van der Waals surface area contributed by atoms with E-state index in [1.54, 1.807) is 7.11 Å². The van der Waals surface area contributed by atoms with Crippen LogP contribution in [0.15, 0.2) is 6.20 Å². The van der Waals surface area contributed by atoms with Crippen LogP contribution in [0.3, 0.4) is 0 Å². The van der Waals surface area contributed by atoms with Gasteiger partial charge in [0.25, 0.3) is 0 Å². The number of imidazole rings is 1. The van der Waals surface area contributed by atoms with Crippen molar-refractivity contribution in [1.29, 1.82) is 0 Å². The molecule has 19 heavy (non-hydrogen) atoms. The van der Waals surface area contributed by atoms with E-state index in [2.05, 4.69) is 28.7 Å². The first-order valence-electron chi connectivity index (χ1n) is 6.96. The predicted octanol–water partition coefficient (Wildman–Crippen LogP) is 1.74. The molecule has 0 aromatic carbocycles. The second-order valence-corrected chi connectivity index (χ2v) is 4.94. The summed E-state index contributed by atoms with van der Waals surface area (Å²) >= 11 is 0. The van der Waals surface area contributed by atoms with Crippen molar-refractivity contribution >= 4 is 0 Å². The first-order chi connectivity index (χ1) is 9.15. The molecule has 0 radical (unpaired) electrons. The van der Waals surface area contributed by atoms with Gasteiger partial charge in [0, 0.05) is 39.0 Å². The van der Waals surface area contributed by atoms with Crippen LogP contribution in [0.25, 0.3) is 0 Å². The highest BCUT2D eigenvalue weighted by atomic mass is 16.5. The van der Waals surface area contributed by atoms with Gasteiger partial charge in [-0.25, -0.2) is 4.98 Å². The van der Waals surface area contributed by atoms with Gasteiger partial charge in [-0.1, -0.05) is 13.8 Å². The van der Waals surface area contributed by atoms with E-state index in [4.69, 9.17) is 9.47 Å². The maximum atomic E-state index is 5.48. The topological polar surface area (TPSA) is 48.3 Å². The SMILES string of the molecule is COCCOCCCn1c(CNC(C)C)cnc1C. The van der Waals surface area contributed by atoms with Gasteiger partial charge in [0.15, 0.2) is 0 Å². The second kappa shape index (κ2) is 9.07. The van der Waals surface area contributed by atoms with Crippen molar-refractivity contribution in [1.82, 2.24) is 14.9 Å². The lowest BCUT2D eigenvalue weighted by atomic mass is 10.3. The first-order valence-corrected chi connectivity index (χ1v) is 6.96. The van der Waals surface area contributed by atoms with E-state index in [0.717, 1.165) is 31.9 Å². The molecule has 0 saturated carbocycles. The van der Waals surface area contributed by atoms with Crippen LogP contribution in [0.2, 0.25) is 0 Å². The summed E-state index contributed by atoms with van der Waals surface area (Å²) in [5, 5.41) is 3.43. The molecular formula is C14H27N3O2. The molecule has 0 aliphatic heterocycles. The number of methoxy groups -OCH3 is 1. The van der Waals surface area contributed by atoms with Crippen molar-refractivity contribution in [2.45, 2.75) is 46.3 Å². The summed E-state index contributed by atoms with van der Waals surface area (Å²) in [7, 11) is 1.69. The molecule has 0 atom stereocenters. The number of aryl methyl sites for hydroxylation is 1. The monoisotopic (exact) mass is 269 g/mol. The zero-order valence-electron chi connectivity index (χ0n) is 12.6. The highest BCUT2D eigenvalue weighted by molar-refractivity contribution is 5.04. The predicted molar refractivity (Wildman–Crippen MR) is 76.3 cm³/mol. The smallest absolute Gasteiger partial charge is 0.105 e. The zero-order chi connectivity index (χ0) is 14.1. The van der Waals surface area contributed by atoms with Crippen molar-refractivity contribution in [2.75, 3.05) is 26.9 Å². The fourth-order valence-corrected chi connectivity index (χ4v) is 1.84. The van der Waals surface area contributed by atoms with Crippen LogP contribution >= 0.6 is 0 Å². The summed E-state index contributed by atoms with van der Waals surface area (Å²) in [4.78, 5) is 4.38. The van der Waals surface area contributed by atoms with E-state index >= 15 is 0 Å². The molecule has 0 saturated heterocycles. The van der Waals surface area contributed by atoms with Crippen LogP contribution < -0.4 is 5.32 Å². The molecule has 0 spiro atoms. The number of rotatable bonds is 10. The van der Waals surface area contributed by atoms with Crippen LogP contribution in [0.5, 0.6) is 0 Å². The third-order valence-corrected chi connectivity index (χ3v) is 2.93. The van der Waals surface area contributed by atoms with Crippen molar-refractivity contribution in [2.24, 2.45) is 0 Å². The minimum absolute atomic E-state index is 0.487. The molecule has 5 nitrogen and oxygen atoms in total. The van der Waals surface area contributed by atoms with Gasteiger partial charge < -0.3 is 19.4 Å². The minimum Gasteiger partial charge on any atom is -0.382 e. The summed E-state index contributed by atoms with van der Waals surface area (Å²) in [5.41, 5.74) is 1.24. The third kappa shape index (κ3) is 6.18. The molecule has 1 heterocycles. The largest absolute Gasteiger partial charge is 0.382 e. The van der Waals surface area contributed by atoms with Gasteiger partial charge in [-0.3, -0.25) is 0 Å². The fraction of sp³-hybridized carbons (Fsp3) is 0.786. The summed E-state index contributed by atoms with van der Waals surface area (Å²) in [6.07, 6.45) is 2.95. The minimum atomic E-state index is 0.487. The van der Waals surface area contributed by atoms with Crippen molar-refractivity contribution in [3.8, 4) is 0 Å². The van der Waals surface area contributed by atoms with Crippen LogP contribution in [0, 0.1) is 6.92 Å². The number of ether oxygens (including phenoxy) is 2. The quantitative estimate of drug-likeness (QED) is 0.657. The molecule has 5 heteroatoms. The number of nitrogens with one attached hydrogen (secondary N) is 1. The maximum Gasteiger partial charge on any atom is 0.105 e. The molecule has 0 aliphatic rings. The summed E-state index contributed by atoms with van der Waals surface area (Å²) in [6.45, 7) is 10.3. The van der Waals surface area contributed by atoms with Gasteiger partial charge >= 0.3 is 0 Å². The van der Waals surface area contributed by atoms with Gasteiger partial charge in [-0.05, 0) is 13.3 Å². The van der Waals surface area contributed by atoms with E-state index < -0.39 is 0 Å². The zero-order valence-corrected chi connectivity index (χ0v) is 12.6. The van der Waals surface area contributed by atoms with Crippen molar-refractivity contribution < 1.29 is 9.47 Å². The Morgan fingerprint density at radius 1 is 1.32 bits per heavy atom. The lowest BCUT2D eigenvalue weighted by Crippen LogP contribution is -2.23. The lowest BCUT2D eigenvalue weighted by Gasteiger charge is -2.12. The number of hydrogen-bond donors (Lipinski definition) is 1. The Morgan fingerprint density at radius 2 is 2.11 bits per heavy atom. The van der Waals surface area contributed by atoms with Crippen molar-refractivity contribution in [3.05, 3.63) is 17.7 Å². The highest BCUT2D eigenvalue weighted by Crippen LogP contribution is 2.06. The first kappa shape index (κ1) is 16.1. The van der Waals surface area contributed by atoms with E-state index in [9.17, 15) is 0 Å². The molecule has 0 amide bonds. The molecule has 1 aromatic heterocycles. The summed E-state index contributed by atoms with van der Waals surface area (Å²) in [6, 6.07) is 0.487. The van der Waals surface area contributed by atoms with Crippen molar-refractivity contribution in [3.63, 3.8) is 0 Å². The molecular weight excluding hydrogens is 242 g/mol. The molecule has 1 rings (SSSR count). The lowest BCUT2D eigenvalue weighted by molar-refractivity contribution is 0.0679. The number of hydrogen-bond acceptors (Lipinski definition) is 4. The Morgan fingerprint density at radius 3 is 2.79 bits per heavy atom. The van der Waals surface area contributed by atoms with Gasteiger partial charge in [-0.2, -0.15) is 0 Å². The summed E-state index contributed by atoms with van der Waals surface area (Å²) < 4.78 is 12.7. The molecule has 1 N–H and O–H groups in total. The van der Waals surface area contributed by atoms with E-state index in [1.807, 2.05) is 13.1 Å². The molecule has 0 fully saturated rings. The fourth-order valence-electron chi connectivity index (χ4n) is 1.84. The molecule has 1 aromatic rings.